The van der Waals surface area contributed by atoms with Gasteiger partial charge in [-0.3, -0.25) is 0 Å². The van der Waals surface area contributed by atoms with Crippen molar-refractivity contribution in [3.05, 3.63) is 0 Å². The molecule has 0 aromatic rings. The molecule has 0 fully saturated rings. The molecule has 40 valence electrons. The molecule has 0 aromatic carbocycles. The molecule has 0 heterocycles. The van der Waals surface area contributed by atoms with Crippen molar-refractivity contribution < 1.29 is 0 Å². The zero-order chi connectivity index (χ0) is 5.21. The average molecular weight is 112 g/mol. The maximum atomic E-state index is 4.10. The van der Waals surface area contributed by atoms with Gasteiger partial charge in [0.25, 0.3) is 0 Å². The van der Waals surface area contributed by atoms with Crippen LogP contribution in [0.25, 0.3) is 0 Å². The van der Waals surface area contributed by atoms with Crippen molar-refractivity contribution in [3.8, 4) is 0 Å². The van der Waals surface area contributed by atoms with Gasteiger partial charge in [-0.25, -0.2) is 0 Å². The molecule has 0 aliphatic rings. The second kappa shape index (κ2) is 3.89. The summed E-state index contributed by atoms with van der Waals surface area (Å²) in [5.74, 6) is 0.965. The van der Waals surface area contributed by atoms with Gasteiger partial charge < -0.3 is 0 Å². The van der Waals surface area contributed by atoms with Crippen LogP contribution >= 0.6 is 12.6 Å². The van der Waals surface area contributed by atoms with E-state index >= 15 is 0 Å². The summed E-state index contributed by atoms with van der Waals surface area (Å²) in [5.41, 5.74) is 0.406. The second-order valence-corrected chi connectivity index (χ2v) is 3.04. The van der Waals surface area contributed by atoms with Gasteiger partial charge in [-0.1, -0.05) is 20.8 Å². The van der Waals surface area contributed by atoms with Gasteiger partial charge in [0.1, 0.15) is 0 Å². The van der Waals surface area contributed by atoms with Crippen molar-refractivity contribution in [1.82, 2.24) is 0 Å². The van der Waals surface area contributed by atoms with E-state index in [9.17, 15) is 0 Å². The third kappa shape index (κ3) is 10.9. The van der Waals surface area contributed by atoms with Gasteiger partial charge in [-0.2, -0.15) is 12.6 Å². The van der Waals surface area contributed by atoms with E-state index in [1.54, 1.807) is 0 Å². The van der Waals surface area contributed by atoms with Crippen LogP contribution in [0.1, 0.15) is 20.8 Å². The van der Waals surface area contributed by atoms with E-state index in [1.807, 2.05) is 0 Å². The fourth-order valence-corrected chi connectivity index (χ4v) is 0. The normalized spacial score (nSPS) is 10.3. The summed E-state index contributed by atoms with van der Waals surface area (Å²) in [6.07, 6.45) is 0. The molecule has 0 atom stereocenters. The molecule has 0 amide bonds. The van der Waals surface area contributed by atoms with Crippen molar-refractivity contribution in [3.63, 3.8) is 0 Å². The van der Waals surface area contributed by atoms with Crippen LogP contribution < -0.4 is 0 Å². The summed E-state index contributed by atoms with van der Waals surface area (Å²) in [6, 6.07) is 0. The van der Waals surface area contributed by atoms with Gasteiger partial charge in [-0.05, 0) is 11.2 Å². The van der Waals surface area contributed by atoms with Crippen LogP contribution in [0.15, 0.2) is 0 Å². The van der Waals surface area contributed by atoms with Crippen LogP contribution in [0.2, 0.25) is 0 Å². The van der Waals surface area contributed by atoms with E-state index in [0.29, 0.717) is 5.41 Å². The molecule has 0 nitrogen and oxygen atoms in total. The zero-order valence-electron chi connectivity index (χ0n) is 4.65. The standard InChI is InChI=1S/C5H12S.Li.H/c1-5(2,3)4-6;;/h6H,4H2,1-3H3;;. The number of rotatable bonds is 0. The quantitative estimate of drug-likeness (QED) is 0.354. The first-order valence-electron chi connectivity index (χ1n) is 2.17. The van der Waals surface area contributed by atoms with Gasteiger partial charge in [0, 0.05) is 0 Å². The average Bonchev–Trinajstić information content (AvgIpc) is 1.35. The molecule has 0 aromatic heterocycles. The van der Waals surface area contributed by atoms with Crippen molar-refractivity contribution in [2.75, 3.05) is 5.75 Å². The second-order valence-electron chi connectivity index (χ2n) is 2.72. The van der Waals surface area contributed by atoms with E-state index in [1.165, 1.54) is 0 Å². The molecule has 0 spiro atoms. The van der Waals surface area contributed by atoms with Gasteiger partial charge in [0.05, 0.1) is 0 Å². The minimum atomic E-state index is 0. The molecule has 2 heteroatoms. The van der Waals surface area contributed by atoms with Crippen LogP contribution in [0.4, 0.5) is 0 Å². The minimum absolute atomic E-state index is 0. The fourth-order valence-electron chi connectivity index (χ4n) is 0. The molecule has 7 heavy (non-hydrogen) atoms. The Kier molecular flexibility index (Phi) is 6.03. The summed E-state index contributed by atoms with van der Waals surface area (Å²) in [6.45, 7) is 6.50. The van der Waals surface area contributed by atoms with Crippen LogP contribution in [0.3, 0.4) is 0 Å². The van der Waals surface area contributed by atoms with Gasteiger partial charge in [0.15, 0.2) is 0 Å². The Bertz CT molecular complexity index is 37.8. The first-order valence-corrected chi connectivity index (χ1v) is 2.80. The molecule has 0 aliphatic heterocycles. The summed E-state index contributed by atoms with van der Waals surface area (Å²) in [7, 11) is 0. The van der Waals surface area contributed by atoms with Crippen LogP contribution in [-0.2, 0) is 0 Å². The third-order valence-corrected chi connectivity index (χ3v) is 1.42. The van der Waals surface area contributed by atoms with Crippen molar-refractivity contribution >= 4 is 31.5 Å². The predicted octanol–water partition coefficient (Wildman–Crippen LogP) is 1.31. The predicted molar refractivity (Wildman–Crippen MR) is 40.5 cm³/mol. The molecular formula is C5H13LiS. The van der Waals surface area contributed by atoms with Gasteiger partial charge in [0.2, 0.25) is 0 Å². The number of hydrogen-bond donors (Lipinski definition) is 1. The van der Waals surface area contributed by atoms with E-state index in [2.05, 4.69) is 33.4 Å². The van der Waals surface area contributed by atoms with Crippen molar-refractivity contribution in [2.24, 2.45) is 5.41 Å². The fraction of sp³-hybridized carbons (Fsp3) is 1.00. The van der Waals surface area contributed by atoms with E-state index < -0.39 is 0 Å². The Morgan fingerprint density at radius 3 is 1.43 bits per heavy atom. The third-order valence-electron chi connectivity index (χ3n) is 0.474. The molecule has 0 unspecified atom stereocenters. The van der Waals surface area contributed by atoms with Crippen molar-refractivity contribution in [1.29, 1.82) is 0 Å². The van der Waals surface area contributed by atoms with Gasteiger partial charge in [-0.15, -0.1) is 0 Å². The molecule has 0 bridgehead atoms. The first kappa shape index (κ1) is 10.8. The topological polar surface area (TPSA) is 0 Å². The van der Waals surface area contributed by atoms with Crippen LogP contribution in [0.5, 0.6) is 0 Å². The summed E-state index contributed by atoms with van der Waals surface area (Å²) in [4.78, 5) is 0. The van der Waals surface area contributed by atoms with Crippen LogP contribution in [-0.4, -0.2) is 24.6 Å². The van der Waals surface area contributed by atoms with Crippen molar-refractivity contribution in [2.45, 2.75) is 20.8 Å². The Hall–Kier alpha value is 0.947. The molecule has 0 rings (SSSR count). The Morgan fingerprint density at radius 2 is 1.43 bits per heavy atom. The number of hydrogen-bond acceptors (Lipinski definition) is 1. The van der Waals surface area contributed by atoms with Gasteiger partial charge >= 0.3 is 18.9 Å². The van der Waals surface area contributed by atoms with E-state index in [-0.39, 0.29) is 18.9 Å². The Balaban J connectivity index is 0. The number of thiol groups is 1. The summed E-state index contributed by atoms with van der Waals surface area (Å²) >= 11 is 4.10. The zero-order valence-corrected chi connectivity index (χ0v) is 5.55. The monoisotopic (exact) mass is 112 g/mol. The summed E-state index contributed by atoms with van der Waals surface area (Å²) < 4.78 is 0. The molecule has 0 saturated carbocycles. The molecule has 0 N–H and O–H groups in total. The Labute approximate surface area is 63.7 Å². The molecular weight excluding hydrogens is 99.1 g/mol. The van der Waals surface area contributed by atoms with E-state index in [4.69, 9.17) is 0 Å². The first-order chi connectivity index (χ1) is 2.56. The van der Waals surface area contributed by atoms with Crippen LogP contribution in [0, 0.1) is 5.41 Å². The maximum absolute atomic E-state index is 4.10. The molecule has 0 saturated heterocycles. The SMILES string of the molecule is CC(C)(C)CS.[LiH]. The Morgan fingerprint density at radius 1 is 1.29 bits per heavy atom. The molecule has 0 aliphatic carbocycles. The summed E-state index contributed by atoms with van der Waals surface area (Å²) in [5, 5.41) is 0. The molecule has 0 radical (unpaired) electrons. The van der Waals surface area contributed by atoms with E-state index in [0.717, 1.165) is 5.75 Å².